The number of hydrogen-bond acceptors (Lipinski definition) is 5. The second kappa shape index (κ2) is 6.20. The molecule has 1 amide bonds. The Hall–Kier alpha value is -2.33. The van der Waals surface area contributed by atoms with Crippen LogP contribution in [-0.2, 0) is 11.3 Å². The predicted molar refractivity (Wildman–Crippen MR) is 82.9 cm³/mol. The van der Waals surface area contributed by atoms with Gasteiger partial charge in [-0.1, -0.05) is 23.4 Å². The molecule has 1 fully saturated rings. The number of hydrogen-bond donors (Lipinski definition) is 0. The molecule has 3 rings (SSSR count). The van der Waals surface area contributed by atoms with Crippen LogP contribution in [0, 0.1) is 11.3 Å². The molecule has 0 saturated carbocycles. The van der Waals surface area contributed by atoms with Crippen molar-refractivity contribution < 1.29 is 4.79 Å². The molecule has 2 heterocycles. The van der Waals surface area contributed by atoms with Gasteiger partial charge in [-0.05, 0) is 18.6 Å². The van der Waals surface area contributed by atoms with E-state index in [1.165, 1.54) is 0 Å². The van der Waals surface area contributed by atoms with Crippen LogP contribution >= 0.6 is 11.8 Å². The largest absolute Gasteiger partial charge is 0.324 e. The summed E-state index contributed by atoms with van der Waals surface area (Å²) < 4.78 is 1.71. The summed E-state index contributed by atoms with van der Waals surface area (Å²) in [5, 5.41) is 17.4. The lowest BCUT2D eigenvalue weighted by atomic mass is 10.1. The zero-order valence-electron chi connectivity index (χ0n) is 12.1. The number of benzene rings is 1. The molecule has 2 aromatic rings. The van der Waals surface area contributed by atoms with Crippen molar-refractivity contribution >= 4 is 17.7 Å². The van der Waals surface area contributed by atoms with E-state index < -0.39 is 0 Å². The Morgan fingerprint density at radius 2 is 2.27 bits per heavy atom. The zero-order valence-corrected chi connectivity index (χ0v) is 13.0. The third kappa shape index (κ3) is 2.70. The van der Waals surface area contributed by atoms with E-state index >= 15 is 0 Å². The number of nitrogens with zero attached hydrogens (tertiary/aromatic N) is 5. The summed E-state index contributed by atoms with van der Waals surface area (Å²) in [6, 6.07) is 9.62. The van der Waals surface area contributed by atoms with Crippen LogP contribution in [-0.4, -0.2) is 38.1 Å². The van der Waals surface area contributed by atoms with Crippen LogP contribution < -0.4 is 0 Å². The standard InChI is InChI=1S/C15H15N5OS/c1-2-20-14(21)10-22-15(20)13-9-19(18-17-13)8-12-6-4-3-5-11(12)7-16/h3-6,9,15H,2,8,10H2,1H3/t15-/m1/s1. The molecule has 22 heavy (non-hydrogen) atoms. The van der Waals surface area contributed by atoms with Crippen LogP contribution in [0.15, 0.2) is 30.5 Å². The molecule has 1 aromatic carbocycles. The molecule has 0 N–H and O–H groups in total. The summed E-state index contributed by atoms with van der Waals surface area (Å²) in [4.78, 5) is 13.6. The van der Waals surface area contributed by atoms with Crippen molar-refractivity contribution in [2.45, 2.75) is 18.8 Å². The predicted octanol–water partition coefficient (Wildman–Crippen LogP) is 1.79. The van der Waals surface area contributed by atoms with Gasteiger partial charge in [-0.15, -0.1) is 16.9 Å². The molecular weight excluding hydrogens is 298 g/mol. The number of nitriles is 1. The molecule has 1 saturated heterocycles. The van der Waals surface area contributed by atoms with Crippen molar-refractivity contribution in [1.82, 2.24) is 19.9 Å². The van der Waals surface area contributed by atoms with Gasteiger partial charge in [0, 0.05) is 6.54 Å². The van der Waals surface area contributed by atoms with Crippen molar-refractivity contribution in [3.63, 3.8) is 0 Å². The van der Waals surface area contributed by atoms with Gasteiger partial charge >= 0.3 is 0 Å². The third-order valence-electron chi connectivity index (χ3n) is 3.59. The average Bonchev–Trinajstić information content (AvgIpc) is 3.14. The molecule has 112 valence electrons. The van der Waals surface area contributed by atoms with Gasteiger partial charge in [0.1, 0.15) is 11.1 Å². The third-order valence-corrected chi connectivity index (χ3v) is 4.81. The molecule has 1 aliphatic rings. The fourth-order valence-electron chi connectivity index (χ4n) is 2.49. The fraction of sp³-hybridized carbons (Fsp3) is 0.333. The Kier molecular flexibility index (Phi) is 4.11. The number of carbonyl (C=O) groups is 1. The van der Waals surface area contributed by atoms with E-state index in [1.54, 1.807) is 22.5 Å². The molecule has 1 atom stereocenters. The number of amides is 1. The smallest absolute Gasteiger partial charge is 0.233 e. The average molecular weight is 313 g/mol. The topological polar surface area (TPSA) is 74.8 Å². The van der Waals surface area contributed by atoms with Gasteiger partial charge in [-0.25, -0.2) is 4.68 Å². The summed E-state index contributed by atoms with van der Waals surface area (Å²) in [7, 11) is 0. The minimum Gasteiger partial charge on any atom is -0.324 e. The van der Waals surface area contributed by atoms with Crippen LogP contribution in [0.1, 0.15) is 29.1 Å². The van der Waals surface area contributed by atoms with Crippen LogP contribution in [0.2, 0.25) is 0 Å². The highest BCUT2D eigenvalue weighted by molar-refractivity contribution is 8.00. The lowest BCUT2D eigenvalue weighted by Gasteiger charge is -2.19. The first kappa shape index (κ1) is 14.6. The van der Waals surface area contributed by atoms with E-state index in [0.29, 0.717) is 24.4 Å². The maximum absolute atomic E-state index is 11.8. The van der Waals surface area contributed by atoms with Crippen LogP contribution in [0.4, 0.5) is 0 Å². The van der Waals surface area contributed by atoms with Crippen LogP contribution in [0.25, 0.3) is 0 Å². The van der Waals surface area contributed by atoms with E-state index in [0.717, 1.165) is 11.3 Å². The number of rotatable bonds is 4. The summed E-state index contributed by atoms with van der Waals surface area (Å²) in [6.07, 6.45) is 1.85. The Balaban J connectivity index is 1.80. The van der Waals surface area contributed by atoms with Gasteiger partial charge < -0.3 is 4.90 Å². The molecule has 0 radical (unpaired) electrons. The van der Waals surface area contributed by atoms with Gasteiger partial charge in [-0.3, -0.25) is 4.79 Å². The highest BCUT2D eigenvalue weighted by Gasteiger charge is 2.33. The highest BCUT2D eigenvalue weighted by Crippen LogP contribution is 2.37. The maximum Gasteiger partial charge on any atom is 0.233 e. The van der Waals surface area contributed by atoms with Gasteiger partial charge in [0.2, 0.25) is 5.91 Å². The van der Waals surface area contributed by atoms with Gasteiger partial charge in [0.15, 0.2) is 0 Å². The van der Waals surface area contributed by atoms with E-state index in [1.807, 2.05) is 36.2 Å². The van der Waals surface area contributed by atoms with Crippen molar-refractivity contribution in [3.8, 4) is 6.07 Å². The SMILES string of the molecule is CCN1C(=O)CS[C@@H]1c1cn(Cc2ccccc2C#N)nn1. The Morgan fingerprint density at radius 3 is 3.05 bits per heavy atom. The number of aromatic nitrogens is 3. The first-order valence-electron chi connectivity index (χ1n) is 7.02. The van der Waals surface area contributed by atoms with Gasteiger partial charge in [0.05, 0.1) is 30.1 Å². The van der Waals surface area contributed by atoms with Crippen molar-refractivity contribution in [2.75, 3.05) is 12.3 Å². The molecule has 0 aliphatic carbocycles. The van der Waals surface area contributed by atoms with E-state index in [-0.39, 0.29) is 11.3 Å². The zero-order chi connectivity index (χ0) is 15.5. The molecule has 0 spiro atoms. The molecule has 6 nitrogen and oxygen atoms in total. The summed E-state index contributed by atoms with van der Waals surface area (Å²) in [5.74, 6) is 0.629. The lowest BCUT2D eigenvalue weighted by Crippen LogP contribution is -2.27. The quantitative estimate of drug-likeness (QED) is 0.860. The first-order valence-corrected chi connectivity index (χ1v) is 8.07. The van der Waals surface area contributed by atoms with Crippen LogP contribution in [0.3, 0.4) is 0 Å². The Morgan fingerprint density at radius 1 is 1.45 bits per heavy atom. The van der Waals surface area contributed by atoms with Crippen molar-refractivity contribution in [2.24, 2.45) is 0 Å². The first-order chi connectivity index (χ1) is 10.7. The number of carbonyl (C=O) groups excluding carboxylic acids is 1. The lowest BCUT2D eigenvalue weighted by molar-refractivity contribution is -0.127. The number of thioether (sulfide) groups is 1. The van der Waals surface area contributed by atoms with Gasteiger partial charge in [0.25, 0.3) is 0 Å². The summed E-state index contributed by atoms with van der Waals surface area (Å²) in [6.45, 7) is 3.12. The van der Waals surface area contributed by atoms with E-state index in [4.69, 9.17) is 5.26 Å². The fourth-order valence-corrected chi connectivity index (χ4v) is 3.68. The van der Waals surface area contributed by atoms with E-state index in [9.17, 15) is 4.79 Å². The summed E-state index contributed by atoms with van der Waals surface area (Å²) in [5.41, 5.74) is 2.33. The van der Waals surface area contributed by atoms with Crippen LogP contribution in [0.5, 0.6) is 0 Å². The molecular formula is C15H15N5OS. The normalized spacial score (nSPS) is 17.7. The molecule has 0 bridgehead atoms. The molecule has 7 heteroatoms. The van der Waals surface area contributed by atoms with Crippen molar-refractivity contribution in [3.05, 3.63) is 47.3 Å². The van der Waals surface area contributed by atoms with E-state index in [2.05, 4.69) is 16.4 Å². The Labute approximate surface area is 132 Å². The minimum absolute atomic E-state index is 0.0579. The monoisotopic (exact) mass is 313 g/mol. The highest BCUT2D eigenvalue weighted by atomic mass is 32.2. The van der Waals surface area contributed by atoms with Crippen molar-refractivity contribution in [1.29, 1.82) is 5.26 Å². The molecule has 1 aromatic heterocycles. The van der Waals surface area contributed by atoms with Gasteiger partial charge in [-0.2, -0.15) is 5.26 Å². The molecule has 1 aliphatic heterocycles. The minimum atomic E-state index is -0.0579. The molecule has 0 unspecified atom stereocenters. The second-order valence-electron chi connectivity index (χ2n) is 4.95. The Bertz CT molecular complexity index is 736. The maximum atomic E-state index is 11.8. The summed E-state index contributed by atoms with van der Waals surface area (Å²) >= 11 is 1.57. The second-order valence-corrected chi connectivity index (χ2v) is 6.02.